The summed E-state index contributed by atoms with van der Waals surface area (Å²) in [7, 11) is 0. The maximum atomic E-state index is 11.8. The molecule has 0 unspecified atom stereocenters. The van der Waals surface area contributed by atoms with Crippen LogP contribution in [0.15, 0.2) is 51.4 Å². The Morgan fingerprint density at radius 2 is 2.16 bits per heavy atom. The Morgan fingerprint density at radius 3 is 2.92 bits per heavy atom. The number of amides is 1. The van der Waals surface area contributed by atoms with Gasteiger partial charge in [0.1, 0.15) is 11.3 Å². The lowest BCUT2D eigenvalue weighted by Gasteiger charge is -2.12. The van der Waals surface area contributed by atoms with Crippen LogP contribution >= 0.6 is 23.1 Å². The second-order valence-corrected chi connectivity index (χ2v) is 7.11. The molecule has 3 rings (SSSR count). The summed E-state index contributed by atoms with van der Waals surface area (Å²) in [6, 6.07) is 11.1. The molecule has 0 saturated heterocycles. The fourth-order valence-corrected chi connectivity index (χ4v) is 3.48. The third-order valence-corrected chi connectivity index (χ3v) is 5.16. The Hall–Kier alpha value is -2.32. The number of carbonyl (C=O) groups excluding carboxylic acids is 2. The average Bonchev–Trinajstić information content (AvgIpc) is 3.27. The minimum atomic E-state index is -0.494. The predicted octanol–water partition coefficient (Wildman–Crippen LogP) is 3.40. The number of benzene rings is 1. The molecule has 1 aromatic carbocycles. The summed E-state index contributed by atoms with van der Waals surface area (Å²) in [4.78, 5) is 28.9. The number of hydrogen-bond acceptors (Lipinski definition) is 7. The number of oxazole rings is 1. The molecule has 0 saturated carbocycles. The summed E-state index contributed by atoms with van der Waals surface area (Å²) in [6.45, 7) is 1.58. The van der Waals surface area contributed by atoms with Crippen molar-refractivity contribution in [3.63, 3.8) is 0 Å². The molecule has 1 atom stereocenters. The molecule has 0 spiro atoms. The molecule has 2 aromatic heterocycles. The Morgan fingerprint density at radius 1 is 1.32 bits per heavy atom. The van der Waals surface area contributed by atoms with Crippen molar-refractivity contribution in [3.8, 4) is 0 Å². The molecule has 0 bridgehead atoms. The molecular formula is C17H16N2O4S2. The van der Waals surface area contributed by atoms with Gasteiger partial charge in [-0.1, -0.05) is 30.0 Å². The Labute approximate surface area is 152 Å². The maximum absolute atomic E-state index is 11.8. The van der Waals surface area contributed by atoms with Gasteiger partial charge in [-0.25, -0.2) is 4.98 Å². The van der Waals surface area contributed by atoms with Crippen molar-refractivity contribution in [3.05, 3.63) is 46.7 Å². The van der Waals surface area contributed by atoms with Crippen LogP contribution in [0.1, 0.15) is 17.8 Å². The highest BCUT2D eigenvalue weighted by Crippen LogP contribution is 2.23. The van der Waals surface area contributed by atoms with Crippen molar-refractivity contribution >= 4 is 46.1 Å². The normalized spacial score (nSPS) is 12.0. The van der Waals surface area contributed by atoms with Gasteiger partial charge in [0.05, 0.1) is 6.04 Å². The number of thioether (sulfide) groups is 1. The molecular weight excluding hydrogens is 360 g/mol. The lowest BCUT2D eigenvalue weighted by atomic mass is 10.3. The SMILES string of the molecule is C[C@H](NC(=O)COC(=O)CSc1nc2ccccc2o1)c1cccs1. The third-order valence-electron chi connectivity index (χ3n) is 3.30. The van der Waals surface area contributed by atoms with Crippen molar-refractivity contribution in [2.24, 2.45) is 0 Å². The lowest BCUT2D eigenvalue weighted by molar-refractivity contribution is -0.146. The van der Waals surface area contributed by atoms with E-state index in [2.05, 4.69) is 10.3 Å². The van der Waals surface area contributed by atoms with Crippen LogP contribution in [0.25, 0.3) is 11.1 Å². The number of nitrogens with zero attached hydrogens (tertiary/aromatic N) is 1. The van der Waals surface area contributed by atoms with E-state index < -0.39 is 5.97 Å². The highest BCUT2D eigenvalue weighted by Gasteiger charge is 2.14. The number of hydrogen-bond donors (Lipinski definition) is 1. The Bertz CT molecular complexity index is 828. The van der Waals surface area contributed by atoms with Crippen molar-refractivity contribution in [1.29, 1.82) is 0 Å². The number of ether oxygens (including phenoxy) is 1. The molecule has 2 heterocycles. The molecule has 1 amide bonds. The molecule has 0 fully saturated rings. The highest BCUT2D eigenvalue weighted by atomic mass is 32.2. The second kappa shape index (κ2) is 8.17. The second-order valence-electron chi connectivity index (χ2n) is 5.20. The van der Waals surface area contributed by atoms with E-state index in [0.29, 0.717) is 10.8 Å². The van der Waals surface area contributed by atoms with Gasteiger partial charge in [0.25, 0.3) is 11.1 Å². The molecule has 1 N–H and O–H groups in total. The van der Waals surface area contributed by atoms with Crippen LogP contribution in [0.3, 0.4) is 0 Å². The van der Waals surface area contributed by atoms with Crippen molar-refractivity contribution in [1.82, 2.24) is 10.3 Å². The van der Waals surface area contributed by atoms with E-state index in [1.54, 1.807) is 11.3 Å². The van der Waals surface area contributed by atoms with Crippen LogP contribution in [0.5, 0.6) is 0 Å². The monoisotopic (exact) mass is 376 g/mol. The molecule has 25 heavy (non-hydrogen) atoms. The van der Waals surface area contributed by atoms with Crippen LogP contribution in [0, 0.1) is 0 Å². The molecule has 0 aliphatic heterocycles. The number of nitrogens with one attached hydrogen (secondary N) is 1. The summed E-state index contributed by atoms with van der Waals surface area (Å²) >= 11 is 2.70. The maximum Gasteiger partial charge on any atom is 0.316 e. The van der Waals surface area contributed by atoms with Gasteiger partial charge in [0, 0.05) is 4.88 Å². The summed E-state index contributed by atoms with van der Waals surface area (Å²) < 4.78 is 10.5. The first-order valence-corrected chi connectivity index (χ1v) is 9.45. The largest absolute Gasteiger partial charge is 0.455 e. The van der Waals surface area contributed by atoms with Crippen molar-refractivity contribution < 1.29 is 18.7 Å². The van der Waals surface area contributed by atoms with Crippen LogP contribution < -0.4 is 5.32 Å². The number of thiophene rings is 1. The van der Waals surface area contributed by atoms with Gasteiger partial charge in [0.15, 0.2) is 12.2 Å². The fourth-order valence-electron chi connectivity index (χ4n) is 2.11. The van der Waals surface area contributed by atoms with E-state index in [1.807, 2.05) is 48.7 Å². The van der Waals surface area contributed by atoms with E-state index in [9.17, 15) is 9.59 Å². The van der Waals surface area contributed by atoms with Crippen LogP contribution in [0.4, 0.5) is 0 Å². The molecule has 6 nitrogen and oxygen atoms in total. The summed E-state index contributed by atoms with van der Waals surface area (Å²) in [5, 5.41) is 5.13. The third kappa shape index (κ3) is 4.83. The number of fused-ring (bicyclic) bond motifs is 1. The topological polar surface area (TPSA) is 81.4 Å². The van der Waals surface area contributed by atoms with Gasteiger partial charge < -0.3 is 14.5 Å². The van der Waals surface area contributed by atoms with Crippen LogP contribution in [-0.2, 0) is 14.3 Å². The number of carbonyl (C=O) groups is 2. The quantitative estimate of drug-likeness (QED) is 0.503. The van der Waals surface area contributed by atoms with Gasteiger partial charge in [-0.15, -0.1) is 11.3 Å². The molecule has 130 valence electrons. The van der Waals surface area contributed by atoms with Gasteiger partial charge >= 0.3 is 5.97 Å². The van der Waals surface area contributed by atoms with E-state index in [-0.39, 0.29) is 24.3 Å². The summed E-state index contributed by atoms with van der Waals surface area (Å²) in [6.07, 6.45) is 0. The van der Waals surface area contributed by atoms with Crippen molar-refractivity contribution in [2.75, 3.05) is 12.4 Å². The summed E-state index contributed by atoms with van der Waals surface area (Å²) in [5.41, 5.74) is 1.40. The zero-order valence-electron chi connectivity index (χ0n) is 13.4. The van der Waals surface area contributed by atoms with Crippen LogP contribution in [0.2, 0.25) is 0 Å². The average molecular weight is 376 g/mol. The van der Waals surface area contributed by atoms with Crippen molar-refractivity contribution in [2.45, 2.75) is 18.2 Å². The van der Waals surface area contributed by atoms with E-state index in [0.717, 1.165) is 22.2 Å². The van der Waals surface area contributed by atoms with Gasteiger partial charge in [-0.3, -0.25) is 9.59 Å². The highest BCUT2D eigenvalue weighted by molar-refractivity contribution is 7.99. The minimum Gasteiger partial charge on any atom is -0.455 e. The van der Waals surface area contributed by atoms with E-state index >= 15 is 0 Å². The molecule has 0 aliphatic carbocycles. The lowest BCUT2D eigenvalue weighted by Crippen LogP contribution is -2.31. The van der Waals surface area contributed by atoms with E-state index in [1.165, 1.54) is 0 Å². The first kappa shape index (κ1) is 17.5. The number of para-hydroxylation sites is 2. The first-order chi connectivity index (χ1) is 12.1. The smallest absolute Gasteiger partial charge is 0.316 e. The number of esters is 1. The number of rotatable bonds is 7. The zero-order valence-corrected chi connectivity index (χ0v) is 15.1. The van der Waals surface area contributed by atoms with Crippen LogP contribution in [-0.4, -0.2) is 29.2 Å². The molecule has 8 heteroatoms. The van der Waals surface area contributed by atoms with Gasteiger partial charge in [-0.05, 0) is 30.5 Å². The zero-order chi connectivity index (χ0) is 17.6. The van der Waals surface area contributed by atoms with Gasteiger partial charge in [-0.2, -0.15) is 0 Å². The fraction of sp³-hybridized carbons (Fsp3) is 0.235. The van der Waals surface area contributed by atoms with E-state index in [4.69, 9.17) is 9.15 Å². The Kier molecular flexibility index (Phi) is 5.72. The molecule has 0 aliphatic rings. The Balaban J connectivity index is 1.41. The predicted molar refractivity (Wildman–Crippen MR) is 96.6 cm³/mol. The standard InChI is InChI=1S/C17H16N2O4S2/c1-11(14-7-4-8-24-14)18-15(20)9-22-16(21)10-25-17-19-12-5-2-3-6-13(12)23-17/h2-8,11H,9-10H2,1H3,(H,18,20)/t11-/m0/s1. The molecule has 3 aromatic rings. The molecule has 0 radical (unpaired) electrons. The number of aromatic nitrogens is 1. The van der Waals surface area contributed by atoms with Gasteiger partial charge in [0.2, 0.25) is 0 Å². The first-order valence-electron chi connectivity index (χ1n) is 7.58. The summed E-state index contributed by atoms with van der Waals surface area (Å²) in [5.74, 6) is -0.798. The minimum absolute atomic E-state index is 0.0284.